The molecule has 5 heteroatoms. The maximum atomic E-state index is 5.75. The van der Waals surface area contributed by atoms with Gasteiger partial charge in [-0.1, -0.05) is 28.1 Å². The van der Waals surface area contributed by atoms with Gasteiger partial charge in [-0.15, -0.1) is 0 Å². The highest BCUT2D eigenvalue weighted by molar-refractivity contribution is 9.10. The molecular weight excluding hydrogens is 308 g/mol. The second-order valence-corrected chi connectivity index (χ2v) is 4.81. The third-order valence-corrected chi connectivity index (χ3v) is 2.97. The first kappa shape index (κ1) is 13.7. The van der Waals surface area contributed by atoms with Crippen LogP contribution in [0.15, 0.2) is 40.9 Å². The molecule has 1 aromatic carbocycles. The van der Waals surface area contributed by atoms with Crippen molar-refractivity contribution in [2.75, 3.05) is 12.3 Å². The van der Waals surface area contributed by atoms with Gasteiger partial charge in [0, 0.05) is 10.5 Å². The molecule has 0 saturated carbocycles. The van der Waals surface area contributed by atoms with Gasteiger partial charge in [0.15, 0.2) is 0 Å². The van der Waals surface area contributed by atoms with E-state index in [0.29, 0.717) is 30.7 Å². The third-order valence-electron chi connectivity index (χ3n) is 2.45. The number of rotatable bonds is 5. The van der Waals surface area contributed by atoms with Crippen LogP contribution in [-0.2, 0) is 6.61 Å². The first-order valence-corrected chi connectivity index (χ1v) is 6.75. The Balaban J connectivity index is 2.03. The van der Waals surface area contributed by atoms with Crippen molar-refractivity contribution in [3.05, 3.63) is 46.4 Å². The van der Waals surface area contributed by atoms with Crippen molar-refractivity contribution >= 4 is 21.6 Å². The van der Waals surface area contributed by atoms with Gasteiger partial charge in [0.25, 0.3) is 0 Å². The number of nitrogen functional groups attached to an aromatic ring is 1. The molecular formula is C14H15BrN2O2. The lowest BCUT2D eigenvalue weighted by Gasteiger charge is -2.09. The summed E-state index contributed by atoms with van der Waals surface area (Å²) >= 11 is 3.39. The molecule has 0 saturated heterocycles. The largest absolute Gasteiger partial charge is 0.476 e. The predicted molar refractivity (Wildman–Crippen MR) is 78.3 cm³/mol. The molecule has 19 heavy (non-hydrogen) atoms. The second-order valence-electron chi connectivity index (χ2n) is 3.89. The van der Waals surface area contributed by atoms with Gasteiger partial charge in [0.1, 0.15) is 6.61 Å². The Morgan fingerprint density at radius 3 is 2.53 bits per heavy atom. The number of ether oxygens (including phenoxy) is 2. The Hall–Kier alpha value is -1.75. The van der Waals surface area contributed by atoms with Crippen molar-refractivity contribution in [1.82, 2.24) is 4.98 Å². The summed E-state index contributed by atoms with van der Waals surface area (Å²) < 4.78 is 12.0. The summed E-state index contributed by atoms with van der Waals surface area (Å²) in [6.45, 7) is 2.86. The zero-order valence-electron chi connectivity index (χ0n) is 10.6. The molecule has 0 spiro atoms. The lowest BCUT2D eigenvalue weighted by molar-refractivity contribution is 0.279. The van der Waals surface area contributed by atoms with Crippen LogP contribution in [0.3, 0.4) is 0 Å². The quantitative estimate of drug-likeness (QED) is 0.916. The molecule has 1 heterocycles. The van der Waals surface area contributed by atoms with Crippen LogP contribution in [0.1, 0.15) is 12.5 Å². The van der Waals surface area contributed by atoms with Crippen molar-refractivity contribution in [3.63, 3.8) is 0 Å². The monoisotopic (exact) mass is 322 g/mol. The molecule has 2 rings (SSSR count). The number of halogens is 1. The van der Waals surface area contributed by atoms with E-state index in [2.05, 4.69) is 20.9 Å². The zero-order chi connectivity index (χ0) is 13.7. The van der Waals surface area contributed by atoms with E-state index in [0.717, 1.165) is 10.0 Å². The van der Waals surface area contributed by atoms with Gasteiger partial charge in [-0.3, -0.25) is 0 Å². The van der Waals surface area contributed by atoms with Gasteiger partial charge in [-0.25, -0.2) is 0 Å². The Labute approximate surface area is 120 Å². The highest BCUT2D eigenvalue weighted by atomic mass is 79.9. The predicted octanol–water partition coefficient (Wildman–Crippen LogP) is 3.40. The normalized spacial score (nSPS) is 10.2. The Morgan fingerprint density at radius 2 is 1.84 bits per heavy atom. The topological polar surface area (TPSA) is 57.4 Å². The maximum absolute atomic E-state index is 5.75. The molecule has 2 N–H and O–H groups in total. The smallest absolute Gasteiger partial charge is 0.240 e. The Kier molecular flexibility index (Phi) is 4.63. The number of hydrogen-bond donors (Lipinski definition) is 1. The lowest BCUT2D eigenvalue weighted by atomic mass is 10.2. The van der Waals surface area contributed by atoms with Crippen LogP contribution >= 0.6 is 15.9 Å². The number of benzene rings is 1. The minimum Gasteiger partial charge on any atom is -0.476 e. The highest BCUT2D eigenvalue weighted by Crippen LogP contribution is 2.22. The van der Waals surface area contributed by atoms with E-state index in [-0.39, 0.29) is 0 Å². The van der Waals surface area contributed by atoms with Crippen LogP contribution in [0.5, 0.6) is 11.8 Å². The lowest BCUT2D eigenvalue weighted by Crippen LogP contribution is -2.02. The number of hydrogen-bond acceptors (Lipinski definition) is 4. The summed E-state index contributed by atoms with van der Waals surface area (Å²) in [6, 6.07) is 11.4. The molecule has 0 aliphatic carbocycles. The number of nitrogens with two attached hydrogens (primary N) is 1. The highest BCUT2D eigenvalue weighted by Gasteiger charge is 2.05. The maximum Gasteiger partial charge on any atom is 0.240 e. The molecule has 0 unspecified atom stereocenters. The third kappa shape index (κ3) is 3.86. The number of pyridine rings is 1. The minimum absolute atomic E-state index is 0.413. The first-order chi connectivity index (χ1) is 9.19. The van der Waals surface area contributed by atoms with E-state index in [9.17, 15) is 0 Å². The SMILES string of the molecule is CCOc1nc(OCc2ccc(Br)cc2)ccc1N. The van der Waals surface area contributed by atoms with Crippen LogP contribution in [0.4, 0.5) is 5.69 Å². The fraction of sp³-hybridized carbons (Fsp3) is 0.214. The molecule has 0 amide bonds. The first-order valence-electron chi connectivity index (χ1n) is 5.95. The summed E-state index contributed by atoms with van der Waals surface area (Å²) in [4.78, 5) is 4.22. The van der Waals surface area contributed by atoms with E-state index >= 15 is 0 Å². The zero-order valence-corrected chi connectivity index (χ0v) is 12.2. The van der Waals surface area contributed by atoms with Gasteiger partial charge in [-0.05, 0) is 30.7 Å². The summed E-state index contributed by atoms with van der Waals surface area (Å²) in [6.07, 6.45) is 0. The van der Waals surface area contributed by atoms with Crippen molar-refractivity contribution in [2.24, 2.45) is 0 Å². The summed E-state index contributed by atoms with van der Waals surface area (Å²) in [5.41, 5.74) is 7.33. The minimum atomic E-state index is 0.413. The van der Waals surface area contributed by atoms with Gasteiger partial charge in [0.05, 0.1) is 12.3 Å². The molecule has 4 nitrogen and oxygen atoms in total. The van der Waals surface area contributed by atoms with E-state index in [1.807, 2.05) is 31.2 Å². The van der Waals surface area contributed by atoms with Gasteiger partial charge in [0.2, 0.25) is 11.8 Å². The fourth-order valence-electron chi connectivity index (χ4n) is 1.50. The Morgan fingerprint density at radius 1 is 1.11 bits per heavy atom. The van der Waals surface area contributed by atoms with Crippen LogP contribution in [0.2, 0.25) is 0 Å². The van der Waals surface area contributed by atoms with Gasteiger partial charge in [-0.2, -0.15) is 4.98 Å². The van der Waals surface area contributed by atoms with Crippen LogP contribution in [0.25, 0.3) is 0 Å². The molecule has 0 fully saturated rings. The molecule has 1 aromatic heterocycles. The number of nitrogens with zero attached hydrogens (tertiary/aromatic N) is 1. The van der Waals surface area contributed by atoms with Crippen LogP contribution in [0, 0.1) is 0 Å². The van der Waals surface area contributed by atoms with Crippen molar-refractivity contribution in [1.29, 1.82) is 0 Å². The van der Waals surface area contributed by atoms with Crippen LogP contribution in [-0.4, -0.2) is 11.6 Å². The molecule has 0 aliphatic rings. The molecule has 0 bridgehead atoms. The summed E-state index contributed by atoms with van der Waals surface area (Å²) in [5, 5.41) is 0. The van der Waals surface area contributed by atoms with Crippen molar-refractivity contribution in [2.45, 2.75) is 13.5 Å². The Bertz CT molecular complexity index is 544. The standard InChI is InChI=1S/C14H15BrN2O2/c1-2-18-14-12(16)7-8-13(17-14)19-9-10-3-5-11(15)6-4-10/h3-8H,2,9,16H2,1H3. The molecule has 0 aliphatic heterocycles. The van der Waals surface area contributed by atoms with E-state index in [4.69, 9.17) is 15.2 Å². The van der Waals surface area contributed by atoms with Gasteiger partial charge >= 0.3 is 0 Å². The average molecular weight is 323 g/mol. The fourth-order valence-corrected chi connectivity index (χ4v) is 1.77. The summed E-state index contributed by atoms with van der Waals surface area (Å²) in [7, 11) is 0. The van der Waals surface area contributed by atoms with E-state index in [1.54, 1.807) is 12.1 Å². The number of aromatic nitrogens is 1. The van der Waals surface area contributed by atoms with Crippen LogP contribution < -0.4 is 15.2 Å². The number of anilines is 1. The van der Waals surface area contributed by atoms with Crippen molar-refractivity contribution in [3.8, 4) is 11.8 Å². The molecule has 0 atom stereocenters. The second kappa shape index (κ2) is 6.43. The van der Waals surface area contributed by atoms with Gasteiger partial charge < -0.3 is 15.2 Å². The summed E-state index contributed by atoms with van der Waals surface area (Å²) in [5.74, 6) is 0.913. The van der Waals surface area contributed by atoms with E-state index < -0.39 is 0 Å². The molecule has 100 valence electrons. The average Bonchev–Trinajstić information content (AvgIpc) is 2.42. The van der Waals surface area contributed by atoms with Crippen molar-refractivity contribution < 1.29 is 9.47 Å². The molecule has 2 aromatic rings. The molecule has 0 radical (unpaired) electrons. The van der Waals surface area contributed by atoms with E-state index in [1.165, 1.54) is 0 Å².